The molecule has 2 rings (SSSR count). The lowest BCUT2D eigenvalue weighted by Crippen LogP contribution is -1.99. The average molecular weight is 233 g/mol. The first kappa shape index (κ1) is 11.4. The van der Waals surface area contributed by atoms with Crippen LogP contribution in [0, 0.1) is 6.92 Å². The molecule has 0 aliphatic carbocycles. The molecular weight excluding hydrogens is 218 g/mol. The van der Waals surface area contributed by atoms with Crippen molar-refractivity contribution in [3.05, 3.63) is 29.7 Å². The van der Waals surface area contributed by atoms with Crippen LogP contribution in [0.5, 0.6) is 0 Å². The number of carboxylic acids is 1. The van der Waals surface area contributed by atoms with Gasteiger partial charge in [0.05, 0.1) is 5.69 Å². The molecule has 17 heavy (non-hydrogen) atoms. The molecular formula is C12H15N3O2. The van der Waals surface area contributed by atoms with Crippen LogP contribution in [0.4, 0.5) is 0 Å². The van der Waals surface area contributed by atoms with Gasteiger partial charge < -0.3 is 9.67 Å². The fourth-order valence-corrected chi connectivity index (χ4v) is 1.87. The predicted octanol–water partition coefficient (Wildman–Crippen LogP) is 1.74. The number of aromatic amines is 1. The van der Waals surface area contributed by atoms with E-state index >= 15 is 0 Å². The Labute approximate surface area is 99.1 Å². The SMILES string of the molecule is Cc1[nH]nc(-c2ccn(C)c2)c1CCC(=O)O. The van der Waals surface area contributed by atoms with Crippen LogP contribution in [-0.2, 0) is 18.3 Å². The lowest BCUT2D eigenvalue weighted by atomic mass is 10.0. The van der Waals surface area contributed by atoms with Gasteiger partial charge in [0, 0.05) is 42.7 Å². The molecule has 0 amide bonds. The largest absolute Gasteiger partial charge is 0.481 e. The van der Waals surface area contributed by atoms with E-state index in [9.17, 15) is 4.79 Å². The molecule has 2 N–H and O–H groups in total. The van der Waals surface area contributed by atoms with Gasteiger partial charge in [-0.05, 0) is 19.4 Å². The van der Waals surface area contributed by atoms with Crippen molar-refractivity contribution in [2.24, 2.45) is 7.05 Å². The maximum Gasteiger partial charge on any atom is 0.303 e. The van der Waals surface area contributed by atoms with E-state index < -0.39 is 5.97 Å². The number of hydrogen-bond donors (Lipinski definition) is 2. The highest BCUT2D eigenvalue weighted by Gasteiger charge is 2.13. The normalized spacial score (nSPS) is 10.7. The van der Waals surface area contributed by atoms with Crippen molar-refractivity contribution >= 4 is 5.97 Å². The van der Waals surface area contributed by atoms with Crippen LogP contribution in [0.3, 0.4) is 0 Å². The lowest BCUT2D eigenvalue weighted by Gasteiger charge is -2.00. The van der Waals surface area contributed by atoms with E-state index in [2.05, 4.69) is 10.2 Å². The Morgan fingerprint density at radius 2 is 2.35 bits per heavy atom. The maximum atomic E-state index is 10.6. The van der Waals surface area contributed by atoms with Crippen molar-refractivity contribution in [2.45, 2.75) is 19.8 Å². The molecule has 0 atom stereocenters. The van der Waals surface area contributed by atoms with E-state index in [4.69, 9.17) is 5.11 Å². The van der Waals surface area contributed by atoms with Gasteiger partial charge in [-0.25, -0.2) is 0 Å². The zero-order valence-corrected chi connectivity index (χ0v) is 9.90. The van der Waals surface area contributed by atoms with Gasteiger partial charge in [0.1, 0.15) is 0 Å². The number of nitrogens with zero attached hydrogens (tertiary/aromatic N) is 2. The highest BCUT2D eigenvalue weighted by atomic mass is 16.4. The summed E-state index contributed by atoms with van der Waals surface area (Å²) in [5, 5.41) is 15.9. The van der Waals surface area contributed by atoms with Crippen LogP contribution < -0.4 is 0 Å². The third-order valence-electron chi connectivity index (χ3n) is 2.77. The number of H-pyrrole nitrogens is 1. The van der Waals surface area contributed by atoms with Crippen molar-refractivity contribution in [2.75, 3.05) is 0 Å². The third-order valence-corrected chi connectivity index (χ3v) is 2.77. The summed E-state index contributed by atoms with van der Waals surface area (Å²) < 4.78 is 1.94. The molecule has 2 heterocycles. The van der Waals surface area contributed by atoms with Crippen LogP contribution in [0.2, 0.25) is 0 Å². The third kappa shape index (κ3) is 2.38. The molecule has 5 heteroatoms. The number of aliphatic carboxylic acids is 1. The first-order valence-corrected chi connectivity index (χ1v) is 5.46. The smallest absolute Gasteiger partial charge is 0.303 e. The van der Waals surface area contributed by atoms with Crippen molar-refractivity contribution in [3.63, 3.8) is 0 Å². The Bertz CT molecular complexity index is 540. The summed E-state index contributed by atoms with van der Waals surface area (Å²) in [6, 6.07) is 1.97. The molecule has 0 unspecified atom stereocenters. The van der Waals surface area contributed by atoms with E-state index in [0.717, 1.165) is 22.5 Å². The molecule has 0 fully saturated rings. The van der Waals surface area contributed by atoms with Crippen molar-refractivity contribution in [1.82, 2.24) is 14.8 Å². The van der Waals surface area contributed by atoms with E-state index in [-0.39, 0.29) is 6.42 Å². The van der Waals surface area contributed by atoms with Gasteiger partial charge in [-0.15, -0.1) is 0 Å². The predicted molar refractivity (Wildman–Crippen MR) is 63.7 cm³/mol. The zero-order valence-electron chi connectivity index (χ0n) is 9.90. The molecule has 2 aromatic heterocycles. The van der Waals surface area contributed by atoms with E-state index in [1.54, 1.807) is 0 Å². The second-order valence-electron chi connectivity index (χ2n) is 4.14. The van der Waals surface area contributed by atoms with Gasteiger partial charge in [-0.3, -0.25) is 9.89 Å². The van der Waals surface area contributed by atoms with E-state index in [0.29, 0.717) is 6.42 Å². The molecule has 0 radical (unpaired) electrons. The number of carboxylic acid groups (broad SMARTS) is 1. The monoisotopic (exact) mass is 233 g/mol. The second kappa shape index (κ2) is 4.45. The summed E-state index contributed by atoms with van der Waals surface area (Å²) in [6.07, 6.45) is 4.54. The van der Waals surface area contributed by atoms with Crippen molar-refractivity contribution in [3.8, 4) is 11.3 Å². The minimum Gasteiger partial charge on any atom is -0.481 e. The Hall–Kier alpha value is -2.04. The Morgan fingerprint density at radius 3 is 2.94 bits per heavy atom. The average Bonchev–Trinajstić information content (AvgIpc) is 2.82. The van der Waals surface area contributed by atoms with Crippen LogP contribution in [-0.4, -0.2) is 25.8 Å². The molecule has 0 saturated heterocycles. The summed E-state index contributed by atoms with van der Waals surface area (Å²) in [5.41, 5.74) is 3.78. The Balaban J connectivity index is 2.31. The molecule has 0 aliphatic heterocycles. The minimum absolute atomic E-state index is 0.125. The highest BCUT2D eigenvalue weighted by molar-refractivity contribution is 5.69. The van der Waals surface area contributed by atoms with Gasteiger partial charge in [-0.2, -0.15) is 5.10 Å². The summed E-state index contributed by atoms with van der Waals surface area (Å²) in [4.78, 5) is 10.6. The van der Waals surface area contributed by atoms with Crippen LogP contribution in [0.25, 0.3) is 11.3 Å². The fraction of sp³-hybridized carbons (Fsp3) is 0.333. The lowest BCUT2D eigenvalue weighted by molar-refractivity contribution is -0.136. The second-order valence-corrected chi connectivity index (χ2v) is 4.14. The molecule has 90 valence electrons. The fourth-order valence-electron chi connectivity index (χ4n) is 1.87. The van der Waals surface area contributed by atoms with Crippen LogP contribution in [0.1, 0.15) is 17.7 Å². The quantitative estimate of drug-likeness (QED) is 0.845. The molecule has 0 aliphatic rings. The number of carbonyl (C=O) groups is 1. The summed E-state index contributed by atoms with van der Waals surface area (Å²) in [6.45, 7) is 1.91. The van der Waals surface area contributed by atoms with Gasteiger partial charge in [0.2, 0.25) is 0 Å². The van der Waals surface area contributed by atoms with Gasteiger partial charge in [0.25, 0.3) is 0 Å². The number of aryl methyl sites for hydroxylation is 2. The van der Waals surface area contributed by atoms with Crippen LogP contribution in [0.15, 0.2) is 18.5 Å². The number of aromatic nitrogens is 3. The van der Waals surface area contributed by atoms with Gasteiger partial charge in [-0.1, -0.05) is 0 Å². The summed E-state index contributed by atoms with van der Waals surface area (Å²) >= 11 is 0. The highest BCUT2D eigenvalue weighted by Crippen LogP contribution is 2.24. The molecule has 0 spiro atoms. The topological polar surface area (TPSA) is 70.9 Å². The molecule has 0 saturated carbocycles. The number of nitrogens with one attached hydrogen (secondary N) is 1. The molecule has 5 nitrogen and oxygen atoms in total. The van der Waals surface area contributed by atoms with E-state index in [1.807, 2.05) is 37.0 Å². The summed E-state index contributed by atoms with van der Waals surface area (Å²) in [7, 11) is 1.94. The van der Waals surface area contributed by atoms with Crippen molar-refractivity contribution < 1.29 is 9.90 Å². The number of hydrogen-bond acceptors (Lipinski definition) is 2. The van der Waals surface area contributed by atoms with Crippen molar-refractivity contribution in [1.29, 1.82) is 0 Å². The number of rotatable bonds is 4. The summed E-state index contributed by atoms with van der Waals surface area (Å²) in [5.74, 6) is -0.787. The first-order valence-electron chi connectivity index (χ1n) is 5.46. The van der Waals surface area contributed by atoms with Gasteiger partial charge in [0.15, 0.2) is 0 Å². The molecule has 0 aromatic carbocycles. The van der Waals surface area contributed by atoms with Crippen LogP contribution >= 0.6 is 0 Å². The Kier molecular flexibility index (Phi) is 2.99. The zero-order chi connectivity index (χ0) is 12.4. The molecule has 2 aromatic rings. The first-order chi connectivity index (χ1) is 8.08. The van der Waals surface area contributed by atoms with Gasteiger partial charge >= 0.3 is 5.97 Å². The Morgan fingerprint density at radius 1 is 1.59 bits per heavy atom. The van der Waals surface area contributed by atoms with E-state index in [1.165, 1.54) is 0 Å². The maximum absolute atomic E-state index is 10.6. The molecule has 0 bridgehead atoms. The minimum atomic E-state index is -0.787. The standard InChI is InChI=1S/C12H15N3O2/c1-8-10(3-4-11(16)17)12(14-13-8)9-5-6-15(2)7-9/h5-7H,3-4H2,1-2H3,(H,13,14)(H,16,17).